The van der Waals surface area contributed by atoms with Crippen molar-refractivity contribution in [3.05, 3.63) is 59.2 Å². The highest BCUT2D eigenvalue weighted by Crippen LogP contribution is 2.45. The van der Waals surface area contributed by atoms with Crippen LogP contribution >= 0.6 is 0 Å². The van der Waals surface area contributed by atoms with Crippen LogP contribution in [0.1, 0.15) is 22.6 Å². The van der Waals surface area contributed by atoms with E-state index < -0.39 is 29.7 Å². The van der Waals surface area contributed by atoms with Crippen LogP contribution in [0.5, 0.6) is 11.5 Å². The van der Waals surface area contributed by atoms with Crippen molar-refractivity contribution in [1.29, 1.82) is 0 Å². The van der Waals surface area contributed by atoms with Crippen molar-refractivity contribution in [1.82, 2.24) is 0 Å². The zero-order valence-corrected chi connectivity index (χ0v) is 13.5. The lowest BCUT2D eigenvalue weighted by atomic mass is 9.66. The fraction of sp³-hybridized carbons (Fsp3) is 0.263. The highest BCUT2D eigenvalue weighted by molar-refractivity contribution is 5.83. The Bertz CT molecular complexity index is 828. The first kappa shape index (κ1) is 16.8. The maximum Gasteiger partial charge on any atom is 0.308 e. The fourth-order valence-electron chi connectivity index (χ4n) is 3.64. The number of methoxy groups -OCH3 is 1. The average Bonchev–Trinajstić information content (AvgIpc) is 2.60. The van der Waals surface area contributed by atoms with Crippen molar-refractivity contribution in [2.24, 2.45) is 11.8 Å². The summed E-state index contributed by atoms with van der Waals surface area (Å²) in [5, 5.41) is 29.1. The van der Waals surface area contributed by atoms with Crippen LogP contribution < -0.4 is 4.74 Å². The molecule has 0 amide bonds. The second-order valence-electron chi connectivity index (χ2n) is 6.12. The smallest absolute Gasteiger partial charge is 0.308 e. The van der Waals surface area contributed by atoms with E-state index in [9.17, 15) is 24.9 Å². The van der Waals surface area contributed by atoms with Crippen molar-refractivity contribution in [3.8, 4) is 11.5 Å². The number of phenolic OH excluding ortho intramolecular Hbond substituents is 1. The van der Waals surface area contributed by atoms with Crippen LogP contribution in [0, 0.1) is 11.8 Å². The molecule has 0 aromatic heterocycles. The minimum absolute atomic E-state index is 0.0583. The number of rotatable bonds is 4. The van der Waals surface area contributed by atoms with Crippen molar-refractivity contribution in [2.75, 3.05) is 7.11 Å². The predicted octanol–water partition coefficient (Wildman–Crippen LogP) is 2.49. The SMILES string of the molecule is COc1cc(C2c3ccccc3CC(C(=O)O)C2C(=O)O)ccc1O. The van der Waals surface area contributed by atoms with Crippen LogP contribution in [0.25, 0.3) is 0 Å². The standard InChI is InChI=1S/C19H18O6/c1-25-15-9-11(6-7-14(15)20)16-12-5-3-2-4-10(12)8-13(18(21)22)17(16)19(23)24/h2-7,9,13,16-17,20H,8H2,1H3,(H,21,22)(H,23,24). The van der Waals surface area contributed by atoms with Gasteiger partial charge in [-0.3, -0.25) is 9.59 Å². The first-order valence-corrected chi connectivity index (χ1v) is 7.84. The normalized spacial score (nSPS) is 22.0. The molecule has 3 N–H and O–H groups in total. The number of phenols is 1. The van der Waals surface area contributed by atoms with E-state index in [2.05, 4.69) is 0 Å². The quantitative estimate of drug-likeness (QED) is 0.789. The second kappa shape index (κ2) is 6.47. The molecule has 1 aliphatic carbocycles. The average molecular weight is 342 g/mol. The topological polar surface area (TPSA) is 104 Å². The van der Waals surface area contributed by atoms with Gasteiger partial charge in [-0.25, -0.2) is 0 Å². The summed E-state index contributed by atoms with van der Waals surface area (Å²) in [5.74, 6) is -4.90. The fourth-order valence-corrected chi connectivity index (χ4v) is 3.64. The first-order valence-electron chi connectivity index (χ1n) is 7.84. The van der Waals surface area contributed by atoms with Crippen molar-refractivity contribution in [2.45, 2.75) is 12.3 Å². The Kier molecular flexibility index (Phi) is 4.35. The Labute approximate surface area is 144 Å². The summed E-state index contributed by atoms with van der Waals surface area (Å²) in [5.41, 5.74) is 2.21. The molecule has 1 aliphatic rings. The third-order valence-corrected chi connectivity index (χ3v) is 4.79. The van der Waals surface area contributed by atoms with Gasteiger partial charge < -0.3 is 20.1 Å². The minimum Gasteiger partial charge on any atom is -0.504 e. The molecule has 3 atom stereocenters. The van der Waals surface area contributed by atoms with E-state index in [1.54, 1.807) is 12.1 Å². The number of hydrogen-bond donors (Lipinski definition) is 3. The molecular formula is C19H18O6. The van der Waals surface area contributed by atoms with Gasteiger partial charge in [-0.05, 0) is 35.2 Å². The molecule has 0 bridgehead atoms. The largest absolute Gasteiger partial charge is 0.504 e. The van der Waals surface area contributed by atoms with Crippen LogP contribution in [-0.2, 0) is 16.0 Å². The zero-order chi connectivity index (χ0) is 18.1. The molecular weight excluding hydrogens is 324 g/mol. The summed E-state index contributed by atoms with van der Waals surface area (Å²) in [6, 6.07) is 11.9. The minimum atomic E-state index is -1.15. The molecule has 0 saturated heterocycles. The molecule has 130 valence electrons. The highest BCUT2D eigenvalue weighted by Gasteiger charge is 2.45. The van der Waals surface area contributed by atoms with Gasteiger partial charge in [0.25, 0.3) is 0 Å². The maximum absolute atomic E-state index is 11.9. The summed E-state index contributed by atoms with van der Waals surface area (Å²) in [7, 11) is 1.41. The van der Waals surface area contributed by atoms with E-state index in [0.717, 1.165) is 11.1 Å². The summed E-state index contributed by atoms with van der Waals surface area (Å²) in [6.07, 6.45) is 0.175. The van der Waals surface area contributed by atoms with Crippen LogP contribution in [0.4, 0.5) is 0 Å². The van der Waals surface area contributed by atoms with E-state index in [0.29, 0.717) is 5.56 Å². The molecule has 6 heteroatoms. The van der Waals surface area contributed by atoms with E-state index in [-0.39, 0.29) is 17.9 Å². The molecule has 3 rings (SSSR count). The number of aliphatic carboxylic acids is 2. The Morgan fingerprint density at radius 3 is 2.44 bits per heavy atom. The molecule has 25 heavy (non-hydrogen) atoms. The summed E-state index contributed by atoms with van der Waals surface area (Å²) in [4.78, 5) is 23.6. The van der Waals surface area contributed by atoms with Gasteiger partial charge in [0.1, 0.15) is 0 Å². The lowest BCUT2D eigenvalue weighted by Gasteiger charge is -2.35. The molecule has 0 spiro atoms. The summed E-state index contributed by atoms with van der Waals surface area (Å²) >= 11 is 0. The van der Waals surface area contributed by atoms with Gasteiger partial charge in [-0.1, -0.05) is 30.3 Å². The third kappa shape index (κ3) is 2.91. The van der Waals surface area contributed by atoms with Gasteiger partial charge >= 0.3 is 11.9 Å². The molecule has 0 heterocycles. The van der Waals surface area contributed by atoms with Crippen molar-refractivity contribution >= 4 is 11.9 Å². The van der Waals surface area contributed by atoms with E-state index in [4.69, 9.17) is 4.74 Å². The summed E-state index contributed by atoms with van der Waals surface area (Å²) in [6.45, 7) is 0. The zero-order valence-electron chi connectivity index (χ0n) is 13.5. The van der Waals surface area contributed by atoms with Gasteiger partial charge in [0.05, 0.1) is 18.9 Å². The number of carboxylic acids is 2. The molecule has 0 aliphatic heterocycles. The molecule has 2 aromatic rings. The highest BCUT2D eigenvalue weighted by atomic mass is 16.5. The number of benzene rings is 2. The van der Waals surface area contributed by atoms with Gasteiger partial charge in [0.2, 0.25) is 0 Å². The summed E-state index contributed by atoms with van der Waals surface area (Å²) < 4.78 is 5.12. The Morgan fingerprint density at radius 1 is 1.08 bits per heavy atom. The number of carboxylic acid groups (broad SMARTS) is 2. The first-order chi connectivity index (χ1) is 11.9. The number of carbonyl (C=O) groups is 2. The van der Waals surface area contributed by atoms with E-state index in [1.807, 2.05) is 24.3 Å². The third-order valence-electron chi connectivity index (χ3n) is 4.79. The number of ether oxygens (including phenoxy) is 1. The van der Waals surface area contributed by atoms with Crippen LogP contribution in [0.3, 0.4) is 0 Å². The number of hydrogen-bond acceptors (Lipinski definition) is 4. The molecule has 6 nitrogen and oxygen atoms in total. The molecule has 0 fully saturated rings. The monoisotopic (exact) mass is 342 g/mol. The number of aromatic hydroxyl groups is 1. The van der Waals surface area contributed by atoms with Gasteiger partial charge in [0.15, 0.2) is 11.5 Å². The second-order valence-corrected chi connectivity index (χ2v) is 6.12. The van der Waals surface area contributed by atoms with Crippen LogP contribution in [-0.4, -0.2) is 34.4 Å². The Hall–Kier alpha value is -3.02. The molecule has 0 saturated carbocycles. The molecule has 2 aromatic carbocycles. The number of fused-ring (bicyclic) bond motifs is 1. The van der Waals surface area contributed by atoms with E-state index in [1.165, 1.54) is 13.2 Å². The maximum atomic E-state index is 11.9. The van der Waals surface area contributed by atoms with E-state index >= 15 is 0 Å². The molecule has 0 radical (unpaired) electrons. The Balaban J connectivity index is 2.22. The van der Waals surface area contributed by atoms with Crippen LogP contribution in [0.2, 0.25) is 0 Å². The van der Waals surface area contributed by atoms with Gasteiger partial charge in [-0.2, -0.15) is 0 Å². The predicted molar refractivity (Wildman–Crippen MR) is 88.9 cm³/mol. The van der Waals surface area contributed by atoms with Crippen LogP contribution in [0.15, 0.2) is 42.5 Å². The Morgan fingerprint density at radius 2 is 1.80 bits per heavy atom. The van der Waals surface area contributed by atoms with Gasteiger partial charge in [0, 0.05) is 5.92 Å². The van der Waals surface area contributed by atoms with Crippen molar-refractivity contribution in [3.63, 3.8) is 0 Å². The lowest BCUT2D eigenvalue weighted by Crippen LogP contribution is -2.40. The molecule has 3 unspecified atom stereocenters. The van der Waals surface area contributed by atoms with Crippen molar-refractivity contribution < 1.29 is 29.6 Å². The lowest BCUT2D eigenvalue weighted by molar-refractivity contribution is -0.154. The van der Waals surface area contributed by atoms with Gasteiger partial charge in [-0.15, -0.1) is 0 Å².